The second-order valence-corrected chi connectivity index (χ2v) is 7.08. The molecule has 28 heavy (non-hydrogen) atoms. The predicted molar refractivity (Wildman–Crippen MR) is 108 cm³/mol. The maximum Gasteiger partial charge on any atom is 0.275 e. The zero-order valence-electron chi connectivity index (χ0n) is 15.9. The standard InChI is InChI=1S/C22H23N3O3/c1-15-19-7-2-3-8-20(19)22(27)25(24-15)14-21(26)23-11-12-28-18-10-9-16-5-4-6-17(16)13-18/h2-3,7-10,13H,4-6,11-12,14H2,1H3,(H,23,26). The molecule has 0 aliphatic heterocycles. The van der Waals surface area contributed by atoms with Gasteiger partial charge in [-0.3, -0.25) is 9.59 Å². The fourth-order valence-electron chi connectivity index (χ4n) is 3.70. The molecular weight excluding hydrogens is 354 g/mol. The quantitative estimate of drug-likeness (QED) is 0.670. The van der Waals surface area contributed by atoms with Crippen LogP contribution in [0.5, 0.6) is 5.75 Å². The maximum absolute atomic E-state index is 12.5. The highest BCUT2D eigenvalue weighted by atomic mass is 16.5. The van der Waals surface area contributed by atoms with Crippen LogP contribution in [0, 0.1) is 6.92 Å². The van der Waals surface area contributed by atoms with Gasteiger partial charge >= 0.3 is 0 Å². The Morgan fingerprint density at radius 3 is 2.79 bits per heavy atom. The summed E-state index contributed by atoms with van der Waals surface area (Å²) >= 11 is 0. The van der Waals surface area contributed by atoms with Crippen molar-refractivity contribution >= 4 is 16.7 Å². The molecule has 1 amide bonds. The second kappa shape index (κ2) is 7.84. The van der Waals surface area contributed by atoms with E-state index in [4.69, 9.17) is 4.74 Å². The van der Waals surface area contributed by atoms with Gasteiger partial charge in [-0.1, -0.05) is 24.3 Å². The van der Waals surface area contributed by atoms with E-state index in [9.17, 15) is 9.59 Å². The van der Waals surface area contributed by atoms with E-state index >= 15 is 0 Å². The number of fused-ring (bicyclic) bond motifs is 2. The van der Waals surface area contributed by atoms with Gasteiger partial charge in [0.2, 0.25) is 5.91 Å². The Labute approximate surface area is 163 Å². The van der Waals surface area contributed by atoms with Crippen molar-refractivity contribution in [3.05, 3.63) is 69.6 Å². The van der Waals surface area contributed by atoms with E-state index in [0.29, 0.717) is 18.5 Å². The number of rotatable bonds is 6. The molecule has 2 aromatic carbocycles. The SMILES string of the molecule is Cc1nn(CC(=O)NCCOc2ccc3c(c2)CCC3)c(=O)c2ccccc12. The number of hydrogen-bond donors (Lipinski definition) is 1. The van der Waals surface area contributed by atoms with Crippen LogP contribution >= 0.6 is 0 Å². The molecule has 0 fully saturated rings. The minimum Gasteiger partial charge on any atom is -0.492 e. The lowest BCUT2D eigenvalue weighted by molar-refractivity contribution is -0.122. The fourth-order valence-corrected chi connectivity index (χ4v) is 3.70. The summed E-state index contributed by atoms with van der Waals surface area (Å²) in [4.78, 5) is 24.7. The molecule has 0 unspecified atom stereocenters. The summed E-state index contributed by atoms with van der Waals surface area (Å²) in [5.41, 5.74) is 3.23. The normalized spacial score (nSPS) is 12.8. The van der Waals surface area contributed by atoms with E-state index in [1.54, 1.807) is 6.07 Å². The van der Waals surface area contributed by atoms with Crippen LogP contribution in [-0.4, -0.2) is 28.8 Å². The van der Waals surface area contributed by atoms with Gasteiger partial charge in [-0.15, -0.1) is 0 Å². The van der Waals surface area contributed by atoms with Crippen LogP contribution in [0.3, 0.4) is 0 Å². The lowest BCUT2D eigenvalue weighted by Crippen LogP contribution is -2.35. The molecule has 0 bridgehead atoms. The first-order valence-electron chi connectivity index (χ1n) is 9.59. The van der Waals surface area contributed by atoms with Crippen molar-refractivity contribution in [1.82, 2.24) is 15.1 Å². The van der Waals surface area contributed by atoms with Crippen molar-refractivity contribution in [3.63, 3.8) is 0 Å². The summed E-state index contributed by atoms with van der Waals surface area (Å²) in [6.45, 7) is 2.48. The summed E-state index contributed by atoms with van der Waals surface area (Å²) in [6, 6.07) is 13.5. The van der Waals surface area contributed by atoms with Gasteiger partial charge in [0.1, 0.15) is 18.9 Å². The summed E-state index contributed by atoms with van der Waals surface area (Å²) in [6.07, 6.45) is 3.46. The van der Waals surface area contributed by atoms with Gasteiger partial charge in [0, 0.05) is 5.39 Å². The van der Waals surface area contributed by atoms with Crippen LogP contribution in [0.15, 0.2) is 47.3 Å². The molecule has 1 aliphatic carbocycles. The van der Waals surface area contributed by atoms with Crippen molar-refractivity contribution < 1.29 is 9.53 Å². The number of amides is 1. The van der Waals surface area contributed by atoms with Crippen molar-refractivity contribution in [3.8, 4) is 5.75 Å². The van der Waals surface area contributed by atoms with Crippen LogP contribution in [0.4, 0.5) is 0 Å². The van der Waals surface area contributed by atoms with Crippen LogP contribution in [0.2, 0.25) is 0 Å². The Balaban J connectivity index is 1.32. The molecular formula is C22H23N3O3. The smallest absolute Gasteiger partial charge is 0.275 e. The minimum atomic E-state index is -0.262. The molecule has 1 aliphatic rings. The van der Waals surface area contributed by atoms with Gasteiger partial charge in [0.15, 0.2) is 0 Å². The number of aryl methyl sites for hydroxylation is 3. The van der Waals surface area contributed by atoms with Crippen molar-refractivity contribution in [2.45, 2.75) is 32.7 Å². The third-order valence-electron chi connectivity index (χ3n) is 5.11. The van der Waals surface area contributed by atoms with Gasteiger partial charge in [0.25, 0.3) is 5.56 Å². The first kappa shape index (κ1) is 18.2. The van der Waals surface area contributed by atoms with Gasteiger partial charge in [-0.2, -0.15) is 5.10 Å². The fraction of sp³-hybridized carbons (Fsp3) is 0.318. The van der Waals surface area contributed by atoms with Crippen molar-refractivity contribution in [2.75, 3.05) is 13.2 Å². The van der Waals surface area contributed by atoms with Gasteiger partial charge in [0.05, 0.1) is 17.6 Å². The summed E-state index contributed by atoms with van der Waals surface area (Å²) in [7, 11) is 0. The van der Waals surface area contributed by atoms with E-state index in [1.807, 2.05) is 31.2 Å². The molecule has 1 aromatic heterocycles. The first-order chi connectivity index (χ1) is 13.6. The molecule has 3 aromatic rings. The highest BCUT2D eigenvalue weighted by Gasteiger charge is 2.12. The molecule has 0 saturated heterocycles. The molecule has 1 N–H and O–H groups in total. The lowest BCUT2D eigenvalue weighted by atomic mass is 10.1. The number of carbonyl (C=O) groups is 1. The van der Waals surface area contributed by atoms with Gasteiger partial charge in [-0.05, 0) is 55.5 Å². The Morgan fingerprint density at radius 1 is 1.14 bits per heavy atom. The third-order valence-corrected chi connectivity index (χ3v) is 5.11. The largest absolute Gasteiger partial charge is 0.492 e. The molecule has 0 spiro atoms. The minimum absolute atomic E-state index is 0.108. The zero-order chi connectivity index (χ0) is 19.5. The van der Waals surface area contributed by atoms with E-state index in [0.717, 1.165) is 29.7 Å². The monoisotopic (exact) mass is 377 g/mol. The number of carbonyl (C=O) groups excluding carboxylic acids is 1. The number of hydrogen-bond acceptors (Lipinski definition) is 4. The highest BCUT2D eigenvalue weighted by molar-refractivity contribution is 5.83. The molecule has 144 valence electrons. The maximum atomic E-state index is 12.5. The summed E-state index contributed by atoms with van der Waals surface area (Å²) in [5, 5.41) is 8.43. The van der Waals surface area contributed by atoms with E-state index in [2.05, 4.69) is 22.5 Å². The number of aromatic nitrogens is 2. The van der Waals surface area contributed by atoms with Crippen molar-refractivity contribution in [1.29, 1.82) is 0 Å². The van der Waals surface area contributed by atoms with E-state index < -0.39 is 0 Å². The lowest BCUT2D eigenvalue weighted by Gasteiger charge is -2.11. The molecule has 0 radical (unpaired) electrons. The zero-order valence-corrected chi connectivity index (χ0v) is 15.9. The first-order valence-corrected chi connectivity index (χ1v) is 9.59. The molecule has 6 heteroatoms. The Hall–Kier alpha value is -3.15. The number of nitrogens with zero attached hydrogens (tertiary/aromatic N) is 2. The summed E-state index contributed by atoms with van der Waals surface area (Å²) < 4.78 is 6.95. The van der Waals surface area contributed by atoms with Crippen LogP contribution in [0.1, 0.15) is 23.2 Å². The highest BCUT2D eigenvalue weighted by Crippen LogP contribution is 2.25. The predicted octanol–water partition coefficient (Wildman–Crippen LogP) is 2.39. The third kappa shape index (κ3) is 3.76. The van der Waals surface area contributed by atoms with Gasteiger partial charge in [-0.25, -0.2) is 4.68 Å². The average Bonchev–Trinajstić information content (AvgIpc) is 3.17. The average molecular weight is 377 g/mol. The molecule has 1 heterocycles. The number of nitrogens with one attached hydrogen (secondary N) is 1. The molecule has 0 atom stereocenters. The number of ether oxygens (including phenoxy) is 1. The van der Waals surface area contributed by atoms with Gasteiger partial charge < -0.3 is 10.1 Å². The molecule has 6 nitrogen and oxygen atoms in total. The second-order valence-electron chi connectivity index (χ2n) is 7.08. The van der Waals surface area contributed by atoms with E-state index in [-0.39, 0.29) is 18.0 Å². The van der Waals surface area contributed by atoms with Crippen LogP contribution in [-0.2, 0) is 24.2 Å². The van der Waals surface area contributed by atoms with Crippen molar-refractivity contribution in [2.24, 2.45) is 0 Å². The molecule has 4 rings (SSSR count). The van der Waals surface area contributed by atoms with E-state index in [1.165, 1.54) is 22.2 Å². The Kier molecular flexibility index (Phi) is 5.10. The Bertz CT molecular complexity index is 1090. The van der Waals surface area contributed by atoms with Crippen LogP contribution < -0.4 is 15.6 Å². The molecule has 0 saturated carbocycles. The number of benzene rings is 2. The van der Waals surface area contributed by atoms with Crippen LogP contribution in [0.25, 0.3) is 10.8 Å². The topological polar surface area (TPSA) is 73.2 Å². The summed E-state index contributed by atoms with van der Waals surface area (Å²) in [5.74, 6) is 0.569. The Morgan fingerprint density at radius 2 is 1.93 bits per heavy atom.